The van der Waals surface area contributed by atoms with Crippen molar-refractivity contribution in [3.8, 4) is 0 Å². The van der Waals surface area contributed by atoms with Crippen LogP contribution in [-0.2, 0) is 25.7 Å². The lowest BCUT2D eigenvalue weighted by Gasteiger charge is -2.27. The van der Waals surface area contributed by atoms with E-state index in [1.165, 1.54) is 13.3 Å². The number of nitrogens with zero attached hydrogens (tertiary/aromatic N) is 2. The molecule has 0 unspecified atom stereocenters. The first-order chi connectivity index (χ1) is 17.4. The van der Waals surface area contributed by atoms with Gasteiger partial charge in [0.05, 0.1) is 17.9 Å². The zero-order chi connectivity index (χ0) is 25.5. The number of amides is 2. The molecule has 0 radical (unpaired) electrons. The number of benzodiazepines with no additional fused rings is 1. The quantitative estimate of drug-likeness (QED) is 0.574. The number of rotatable bonds is 7. The Balaban J connectivity index is 1.65. The van der Waals surface area contributed by atoms with Crippen LogP contribution in [0.3, 0.4) is 0 Å². The number of anilines is 1. The first-order valence-electron chi connectivity index (χ1n) is 12.5. The standard InChI is InChI=1S/C28H33N3O5/c1-19-10-9-15-23-24(22-13-7-4-8-14-22)29-26(27(33)31(25(19)23)16-17-35-20(2)32)30-28(34)36-18-21-11-5-3-6-12-21/h3,5-6,9-12,15,22,26H,4,7-8,13-14,16-18H2,1-2H3,(H,30,34)/t26-/m1/s1. The van der Waals surface area contributed by atoms with Gasteiger partial charge in [0.25, 0.3) is 5.91 Å². The monoisotopic (exact) mass is 491 g/mol. The molecule has 8 nitrogen and oxygen atoms in total. The molecule has 1 aliphatic heterocycles. The maximum absolute atomic E-state index is 13.8. The van der Waals surface area contributed by atoms with Crippen molar-refractivity contribution in [1.29, 1.82) is 0 Å². The molecule has 2 aromatic carbocycles. The van der Waals surface area contributed by atoms with Crippen LogP contribution in [0.2, 0.25) is 0 Å². The lowest BCUT2D eigenvalue weighted by atomic mass is 9.82. The number of aryl methyl sites for hydroxylation is 1. The predicted molar refractivity (Wildman–Crippen MR) is 137 cm³/mol. The summed E-state index contributed by atoms with van der Waals surface area (Å²) in [5, 5.41) is 2.68. The van der Waals surface area contributed by atoms with Crippen molar-refractivity contribution in [3.05, 3.63) is 65.2 Å². The van der Waals surface area contributed by atoms with Crippen molar-refractivity contribution in [1.82, 2.24) is 5.32 Å². The SMILES string of the molecule is CC(=O)OCCN1C(=O)[C@@H](NC(=O)OCc2ccccc2)N=C(C2CCCCC2)c2cccc(C)c21. The summed E-state index contributed by atoms with van der Waals surface area (Å²) >= 11 is 0. The smallest absolute Gasteiger partial charge is 0.409 e. The highest BCUT2D eigenvalue weighted by Crippen LogP contribution is 2.35. The highest BCUT2D eigenvalue weighted by Gasteiger charge is 2.36. The summed E-state index contributed by atoms with van der Waals surface area (Å²) in [4.78, 5) is 44.3. The topological polar surface area (TPSA) is 97.3 Å². The number of para-hydroxylation sites is 1. The van der Waals surface area contributed by atoms with Crippen LogP contribution >= 0.6 is 0 Å². The number of alkyl carbamates (subject to hydrolysis) is 1. The molecular weight excluding hydrogens is 458 g/mol. The number of carbonyl (C=O) groups is 3. The van der Waals surface area contributed by atoms with Gasteiger partial charge in [0.2, 0.25) is 6.17 Å². The van der Waals surface area contributed by atoms with Gasteiger partial charge in [-0.25, -0.2) is 4.79 Å². The van der Waals surface area contributed by atoms with E-state index >= 15 is 0 Å². The van der Waals surface area contributed by atoms with Crippen molar-refractivity contribution in [2.75, 3.05) is 18.1 Å². The Kier molecular flexibility index (Phi) is 8.36. The number of esters is 1. The first kappa shape index (κ1) is 25.4. The number of benzene rings is 2. The molecule has 1 saturated carbocycles. The van der Waals surface area contributed by atoms with Crippen LogP contribution in [0.5, 0.6) is 0 Å². The van der Waals surface area contributed by atoms with E-state index in [1.807, 2.05) is 55.5 Å². The van der Waals surface area contributed by atoms with Gasteiger partial charge in [-0.3, -0.25) is 19.9 Å². The van der Waals surface area contributed by atoms with Gasteiger partial charge in [0.15, 0.2) is 0 Å². The van der Waals surface area contributed by atoms with Crippen LogP contribution in [0.1, 0.15) is 55.7 Å². The summed E-state index contributed by atoms with van der Waals surface area (Å²) in [6, 6.07) is 15.2. The van der Waals surface area contributed by atoms with Crippen LogP contribution in [0.4, 0.5) is 10.5 Å². The van der Waals surface area contributed by atoms with Crippen molar-refractivity contribution in [2.24, 2.45) is 10.9 Å². The van der Waals surface area contributed by atoms with Crippen LogP contribution < -0.4 is 10.2 Å². The van der Waals surface area contributed by atoms with Crippen LogP contribution in [0.25, 0.3) is 0 Å². The summed E-state index contributed by atoms with van der Waals surface area (Å²) in [5.74, 6) is -0.606. The van der Waals surface area contributed by atoms with Crippen molar-refractivity contribution in [2.45, 2.75) is 58.7 Å². The summed E-state index contributed by atoms with van der Waals surface area (Å²) < 4.78 is 10.5. The lowest BCUT2D eigenvalue weighted by molar-refractivity contribution is -0.141. The largest absolute Gasteiger partial charge is 0.464 e. The fraction of sp³-hybridized carbons (Fsp3) is 0.429. The predicted octanol–water partition coefficient (Wildman–Crippen LogP) is 4.53. The number of fused-ring (bicyclic) bond motifs is 1. The number of aliphatic imine (C=N–C) groups is 1. The third-order valence-electron chi connectivity index (χ3n) is 6.63. The van der Waals surface area contributed by atoms with Gasteiger partial charge in [0, 0.05) is 18.4 Å². The summed E-state index contributed by atoms with van der Waals surface area (Å²) in [5.41, 5.74) is 4.24. The second-order valence-electron chi connectivity index (χ2n) is 9.26. The van der Waals surface area contributed by atoms with E-state index in [9.17, 15) is 14.4 Å². The zero-order valence-electron chi connectivity index (χ0n) is 20.9. The maximum Gasteiger partial charge on any atom is 0.409 e. The van der Waals surface area contributed by atoms with E-state index in [0.29, 0.717) is 0 Å². The number of ether oxygens (including phenoxy) is 2. The minimum absolute atomic E-state index is 0.0405. The molecular formula is C28H33N3O5. The lowest BCUT2D eigenvalue weighted by Crippen LogP contribution is -2.48. The van der Waals surface area contributed by atoms with E-state index in [4.69, 9.17) is 14.5 Å². The number of hydrogen-bond donors (Lipinski definition) is 1. The number of nitrogens with one attached hydrogen (secondary N) is 1. The van der Waals surface area contributed by atoms with Gasteiger partial charge in [0.1, 0.15) is 13.2 Å². The van der Waals surface area contributed by atoms with Gasteiger partial charge in [-0.2, -0.15) is 0 Å². The highest BCUT2D eigenvalue weighted by atomic mass is 16.5. The Morgan fingerprint density at radius 3 is 2.50 bits per heavy atom. The molecule has 0 bridgehead atoms. The second-order valence-corrected chi connectivity index (χ2v) is 9.26. The fourth-order valence-electron chi connectivity index (χ4n) is 4.92. The molecule has 0 spiro atoms. The minimum Gasteiger partial charge on any atom is -0.464 e. The van der Waals surface area contributed by atoms with Crippen LogP contribution in [0.15, 0.2) is 53.5 Å². The summed E-state index contributed by atoms with van der Waals surface area (Å²) in [6.45, 7) is 3.56. The molecule has 36 heavy (non-hydrogen) atoms. The normalized spacial score (nSPS) is 18.1. The summed E-state index contributed by atoms with van der Waals surface area (Å²) in [6.07, 6.45) is 3.50. The third kappa shape index (κ3) is 6.11. The molecule has 1 atom stereocenters. The molecule has 1 N–H and O–H groups in total. The molecule has 1 fully saturated rings. The Labute approximate surface area is 211 Å². The van der Waals surface area contributed by atoms with E-state index in [2.05, 4.69) is 5.32 Å². The van der Waals surface area contributed by atoms with Crippen molar-refractivity contribution < 1.29 is 23.9 Å². The minimum atomic E-state index is -1.14. The molecule has 4 rings (SSSR count). The Morgan fingerprint density at radius 2 is 1.78 bits per heavy atom. The van der Waals surface area contributed by atoms with Gasteiger partial charge >= 0.3 is 12.1 Å². The van der Waals surface area contributed by atoms with Gasteiger partial charge in [-0.1, -0.05) is 67.8 Å². The summed E-state index contributed by atoms with van der Waals surface area (Å²) in [7, 11) is 0. The van der Waals surface area contributed by atoms with Gasteiger partial charge in [-0.05, 0) is 30.9 Å². The van der Waals surface area contributed by atoms with Crippen LogP contribution in [-0.4, -0.2) is 43.0 Å². The molecule has 1 aliphatic carbocycles. The van der Waals surface area contributed by atoms with Crippen LogP contribution in [0, 0.1) is 12.8 Å². The molecule has 190 valence electrons. The molecule has 0 aromatic heterocycles. The van der Waals surface area contributed by atoms with Gasteiger partial charge in [-0.15, -0.1) is 0 Å². The molecule has 2 amide bonds. The Morgan fingerprint density at radius 1 is 1.03 bits per heavy atom. The molecule has 0 saturated heterocycles. The average molecular weight is 492 g/mol. The second kappa shape index (κ2) is 11.8. The third-order valence-corrected chi connectivity index (χ3v) is 6.63. The molecule has 2 aromatic rings. The molecule has 8 heteroatoms. The van der Waals surface area contributed by atoms with E-state index in [-0.39, 0.29) is 31.6 Å². The Hall–Kier alpha value is -3.68. The zero-order valence-corrected chi connectivity index (χ0v) is 20.9. The van der Waals surface area contributed by atoms with Crippen molar-refractivity contribution >= 4 is 29.4 Å². The van der Waals surface area contributed by atoms with E-state index in [0.717, 1.165) is 53.8 Å². The van der Waals surface area contributed by atoms with Crippen molar-refractivity contribution in [3.63, 3.8) is 0 Å². The van der Waals surface area contributed by atoms with E-state index < -0.39 is 18.2 Å². The number of hydrogen-bond acceptors (Lipinski definition) is 6. The maximum atomic E-state index is 13.8. The van der Waals surface area contributed by atoms with Gasteiger partial charge < -0.3 is 14.4 Å². The molecule has 2 aliphatic rings. The fourth-order valence-corrected chi connectivity index (χ4v) is 4.92. The number of carbonyl (C=O) groups excluding carboxylic acids is 3. The first-order valence-corrected chi connectivity index (χ1v) is 12.5. The highest BCUT2D eigenvalue weighted by molar-refractivity contribution is 6.14. The molecule has 1 heterocycles. The Bertz CT molecular complexity index is 1130. The average Bonchev–Trinajstić information content (AvgIpc) is 2.99. The van der Waals surface area contributed by atoms with E-state index in [1.54, 1.807) is 4.90 Å².